The van der Waals surface area contributed by atoms with Gasteiger partial charge in [-0.3, -0.25) is 9.69 Å². The summed E-state index contributed by atoms with van der Waals surface area (Å²) in [6.45, 7) is 2.42. The molecule has 4 nitrogen and oxygen atoms in total. The molecule has 1 fully saturated rings. The van der Waals surface area contributed by atoms with Gasteiger partial charge in [-0.05, 0) is 62.3 Å². The maximum atomic E-state index is 12.4. The molecule has 1 atom stereocenters. The minimum atomic E-state index is -2.46. The number of benzene rings is 1. The van der Waals surface area contributed by atoms with E-state index >= 15 is 0 Å². The lowest BCUT2D eigenvalue weighted by atomic mass is 10.1. The van der Waals surface area contributed by atoms with Crippen molar-refractivity contribution in [2.24, 2.45) is 0 Å². The van der Waals surface area contributed by atoms with Crippen LogP contribution < -0.4 is 5.32 Å². The molecular formula is C19H22F2N2O2S. The van der Waals surface area contributed by atoms with Crippen molar-refractivity contribution in [1.82, 2.24) is 10.2 Å². The highest BCUT2D eigenvalue weighted by molar-refractivity contribution is 7.99. The third-order valence-corrected chi connectivity index (χ3v) is 5.22. The highest BCUT2D eigenvalue weighted by atomic mass is 32.2. The van der Waals surface area contributed by atoms with E-state index in [0.717, 1.165) is 31.7 Å². The molecular weight excluding hydrogens is 358 g/mol. The summed E-state index contributed by atoms with van der Waals surface area (Å²) in [4.78, 5) is 15.2. The second kappa shape index (κ2) is 9.19. The van der Waals surface area contributed by atoms with Crippen LogP contribution in [-0.4, -0.2) is 36.2 Å². The SMILES string of the molecule is O=C(NCC(c1ccco1)N1CCCCC1)c1ccc(SC(F)F)cc1. The van der Waals surface area contributed by atoms with Gasteiger partial charge in [-0.2, -0.15) is 8.78 Å². The van der Waals surface area contributed by atoms with Gasteiger partial charge in [-0.1, -0.05) is 18.2 Å². The van der Waals surface area contributed by atoms with Crippen molar-refractivity contribution in [1.29, 1.82) is 0 Å². The number of nitrogens with zero attached hydrogens (tertiary/aromatic N) is 1. The standard InChI is InChI=1S/C19H22F2N2O2S/c20-19(21)26-15-8-6-14(7-9-15)18(24)22-13-16(17-5-4-12-25-17)23-10-2-1-3-11-23/h4-9,12,16,19H,1-3,10-11,13H2,(H,22,24). The molecule has 0 aliphatic carbocycles. The summed E-state index contributed by atoms with van der Waals surface area (Å²) in [6.07, 6.45) is 5.17. The predicted molar refractivity (Wildman–Crippen MR) is 97.5 cm³/mol. The molecule has 3 rings (SSSR count). The number of hydrogen-bond donors (Lipinski definition) is 1. The highest BCUT2D eigenvalue weighted by Crippen LogP contribution is 2.26. The maximum Gasteiger partial charge on any atom is 0.288 e. The van der Waals surface area contributed by atoms with E-state index in [-0.39, 0.29) is 11.9 Å². The van der Waals surface area contributed by atoms with E-state index < -0.39 is 5.76 Å². The van der Waals surface area contributed by atoms with Crippen LogP contribution in [0.1, 0.15) is 41.4 Å². The van der Waals surface area contributed by atoms with Crippen LogP contribution in [0, 0.1) is 0 Å². The van der Waals surface area contributed by atoms with Gasteiger partial charge in [0.05, 0.1) is 12.3 Å². The van der Waals surface area contributed by atoms with Gasteiger partial charge in [0.1, 0.15) is 5.76 Å². The smallest absolute Gasteiger partial charge is 0.288 e. The molecule has 1 amide bonds. The molecule has 26 heavy (non-hydrogen) atoms. The van der Waals surface area contributed by atoms with E-state index in [1.807, 2.05) is 12.1 Å². The Hall–Kier alpha value is -1.86. The fourth-order valence-electron chi connectivity index (χ4n) is 3.20. The van der Waals surface area contributed by atoms with Gasteiger partial charge in [-0.25, -0.2) is 0 Å². The van der Waals surface area contributed by atoms with Gasteiger partial charge < -0.3 is 9.73 Å². The van der Waals surface area contributed by atoms with Crippen LogP contribution in [0.5, 0.6) is 0 Å². The highest BCUT2D eigenvalue weighted by Gasteiger charge is 2.25. The number of likely N-dealkylation sites (tertiary alicyclic amines) is 1. The van der Waals surface area contributed by atoms with Crippen LogP contribution in [0.3, 0.4) is 0 Å². The summed E-state index contributed by atoms with van der Waals surface area (Å²) in [6, 6.07) is 10.0. The van der Waals surface area contributed by atoms with Crippen molar-refractivity contribution in [2.45, 2.75) is 36.0 Å². The van der Waals surface area contributed by atoms with E-state index in [1.54, 1.807) is 30.5 Å². The number of rotatable bonds is 7. The number of nitrogens with one attached hydrogen (secondary N) is 1. The Kier molecular flexibility index (Phi) is 6.68. The van der Waals surface area contributed by atoms with Gasteiger partial charge in [0, 0.05) is 17.0 Å². The van der Waals surface area contributed by atoms with E-state index in [9.17, 15) is 13.6 Å². The van der Waals surface area contributed by atoms with Crippen LogP contribution in [-0.2, 0) is 0 Å². The largest absolute Gasteiger partial charge is 0.468 e. The number of carbonyl (C=O) groups is 1. The fourth-order valence-corrected chi connectivity index (χ4v) is 3.70. The van der Waals surface area contributed by atoms with Crippen molar-refractivity contribution in [3.05, 3.63) is 54.0 Å². The van der Waals surface area contributed by atoms with Crippen LogP contribution in [0.15, 0.2) is 52.0 Å². The number of thioether (sulfide) groups is 1. The Morgan fingerprint density at radius 3 is 2.50 bits per heavy atom. The van der Waals surface area contributed by atoms with Crippen molar-refractivity contribution in [3.63, 3.8) is 0 Å². The number of alkyl halides is 2. The van der Waals surface area contributed by atoms with Crippen molar-refractivity contribution >= 4 is 17.7 Å². The van der Waals surface area contributed by atoms with Crippen molar-refractivity contribution in [2.75, 3.05) is 19.6 Å². The molecule has 2 aromatic rings. The Morgan fingerprint density at radius 1 is 1.15 bits per heavy atom. The van der Waals surface area contributed by atoms with Crippen molar-refractivity contribution < 1.29 is 18.0 Å². The Labute approximate surface area is 155 Å². The van der Waals surface area contributed by atoms with Crippen molar-refractivity contribution in [3.8, 4) is 0 Å². The number of piperidine rings is 1. The molecule has 1 aliphatic rings. The molecule has 0 spiro atoms. The number of carbonyl (C=O) groups excluding carboxylic acids is 1. The molecule has 1 N–H and O–H groups in total. The molecule has 1 unspecified atom stereocenters. The second-order valence-electron chi connectivity index (χ2n) is 6.24. The molecule has 1 aromatic carbocycles. The lowest BCUT2D eigenvalue weighted by molar-refractivity contribution is 0.0914. The Bertz CT molecular complexity index is 686. The first-order valence-corrected chi connectivity index (χ1v) is 9.62. The molecule has 0 radical (unpaired) electrons. The zero-order valence-electron chi connectivity index (χ0n) is 14.4. The lowest BCUT2D eigenvalue weighted by Gasteiger charge is -2.33. The van der Waals surface area contributed by atoms with Gasteiger partial charge in [0.25, 0.3) is 11.7 Å². The van der Waals surface area contributed by atoms with Crippen LogP contribution in [0.4, 0.5) is 8.78 Å². The maximum absolute atomic E-state index is 12.4. The summed E-state index contributed by atoms with van der Waals surface area (Å²) in [5.41, 5.74) is 0.459. The first kappa shape index (κ1) is 18.9. The molecule has 140 valence electrons. The lowest BCUT2D eigenvalue weighted by Crippen LogP contribution is -2.40. The fraction of sp³-hybridized carbons (Fsp3) is 0.421. The molecule has 0 saturated carbocycles. The monoisotopic (exact) mass is 380 g/mol. The number of halogens is 2. The minimum Gasteiger partial charge on any atom is -0.468 e. The molecule has 1 saturated heterocycles. The normalized spacial score (nSPS) is 16.6. The third-order valence-electron chi connectivity index (χ3n) is 4.50. The third kappa shape index (κ3) is 5.08. The quantitative estimate of drug-likeness (QED) is 0.716. The molecule has 0 bridgehead atoms. The summed E-state index contributed by atoms with van der Waals surface area (Å²) in [5.74, 6) is -1.84. The van der Waals surface area contributed by atoms with Crippen LogP contribution in [0.25, 0.3) is 0 Å². The number of hydrogen-bond acceptors (Lipinski definition) is 4. The first-order chi connectivity index (χ1) is 12.6. The predicted octanol–water partition coefficient (Wildman–Crippen LogP) is 4.55. The van der Waals surface area contributed by atoms with Crippen LogP contribution >= 0.6 is 11.8 Å². The summed E-state index contributed by atoms with van der Waals surface area (Å²) < 4.78 is 30.3. The van der Waals surface area contributed by atoms with Gasteiger partial charge in [0.15, 0.2) is 0 Å². The average Bonchev–Trinajstić information content (AvgIpc) is 3.17. The number of amides is 1. The van der Waals surface area contributed by atoms with E-state index in [2.05, 4.69) is 10.2 Å². The molecule has 7 heteroatoms. The van der Waals surface area contributed by atoms with Gasteiger partial charge >= 0.3 is 0 Å². The molecule has 2 heterocycles. The summed E-state index contributed by atoms with van der Waals surface area (Å²) in [7, 11) is 0. The molecule has 1 aromatic heterocycles. The summed E-state index contributed by atoms with van der Waals surface area (Å²) >= 11 is 0.470. The van der Waals surface area contributed by atoms with Gasteiger partial charge in [-0.15, -0.1) is 0 Å². The summed E-state index contributed by atoms with van der Waals surface area (Å²) in [5, 5.41) is 2.95. The Balaban J connectivity index is 1.62. The van der Waals surface area contributed by atoms with E-state index in [1.165, 1.54) is 6.42 Å². The zero-order valence-corrected chi connectivity index (χ0v) is 15.2. The van der Waals surface area contributed by atoms with Gasteiger partial charge in [0.2, 0.25) is 0 Å². The molecule has 1 aliphatic heterocycles. The second-order valence-corrected chi connectivity index (χ2v) is 7.30. The Morgan fingerprint density at radius 2 is 1.88 bits per heavy atom. The topological polar surface area (TPSA) is 45.5 Å². The first-order valence-electron chi connectivity index (χ1n) is 8.74. The number of furan rings is 1. The average molecular weight is 380 g/mol. The van der Waals surface area contributed by atoms with E-state index in [4.69, 9.17) is 4.42 Å². The minimum absolute atomic E-state index is 0.00270. The zero-order chi connectivity index (χ0) is 18.4. The van der Waals surface area contributed by atoms with Crippen LogP contribution in [0.2, 0.25) is 0 Å². The van der Waals surface area contributed by atoms with E-state index in [0.29, 0.717) is 28.8 Å².